The van der Waals surface area contributed by atoms with E-state index in [4.69, 9.17) is 4.74 Å². The van der Waals surface area contributed by atoms with Crippen molar-refractivity contribution in [1.82, 2.24) is 14.6 Å². The first-order valence-corrected chi connectivity index (χ1v) is 8.65. The summed E-state index contributed by atoms with van der Waals surface area (Å²) in [6.45, 7) is 1.15. The molecule has 0 amide bonds. The van der Waals surface area contributed by atoms with Crippen molar-refractivity contribution in [2.75, 3.05) is 26.5 Å². The summed E-state index contributed by atoms with van der Waals surface area (Å²) in [7, 11) is 1.41. The highest BCUT2D eigenvalue weighted by atomic mass is 32.2. The van der Waals surface area contributed by atoms with E-state index in [-0.39, 0.29) is 12.0 Å². The molecular formula is C13H16N4O2S2. The monoisotopic (exact) mass is 324 g/mol. The lowest BCUT2D eigenvalue weighted by atomic mass is 10.1. The summed E-state index contributed by atoms with van der Waals surface area (Å²) in [5.41, 5.74) is 1.66. The second-order valence-corrected chi connectivity index (χ2v) is 6.27. The van der Waals surface area contributed by atoms with Gasteiger partial charge in [-0.2, -0.15) is 0 Å². The molecule has 8 heteroatoms. The molecule has 0 radical (unpaired) electrons. The zero-order valence-corrected chi connectivity index (χ0v) is 13.5. The van der Waals surface area contributed by atoms with Gasteiger partial charge in [-0.25, -0.2) is 9.78 Å². The molecule has 2 aliphatic rings. The first-order valence-electron chi connectivity index (χ1n) is 6.55. The highest BCUT2D eigenvalue weighted by Gasteiger charge is 2.37. The van der Waals surface area contributed by atoms with E-state index in [1.165, 1.54) is 7.11 Å². The van der Waals surface area contributed by atoms with E-state index in [9.17, 15) is 4.79 Å². The molecule has 6 nitrogen and oxygen atoms in total. The molecule has 1 N–H and O–H groups in total. The molecule has 0 spiro atoms. The van der Waals surface area contributed by atoms with Gasteiger partial charge in [0.15, 0.2) is 10.8 Å². The maximum absolute atomic E-state index is 12.0. The van der Waals surface area contributed by atoms with Crippen molar-refractivity contribution >= 4 is 35.1 Å². The first-order chi connectivity index (χ1) is 10.2. The van der Waals surface area contributed by atoms with Crippen molar-refractivity contribution in [2.45, 2.75) is 12.5 Å². The number of aliphatic imine (C=N–C) groups is 1. The van der Waals surface area contributed by atoms with Crippen LogP contribution in [0.4, 0.5) is 0 Å². The van der Waals surface area contributed by atoms with Crippen LogP contribution in [0.3, 0.4) is 0 Å². The van der Waals surface area contributed by atoms with Crippen LogP contribution < -0.4 is 4.72 Å². The van der Waals surface area contributed by atoms with Gasteiger partial charge in [-0.15, -0.1) is 11.3 Å². The quantitative estimate of drug-likeness (QED) is 0.665. The zero-order valence-electron chi connectivity index (χ0n) is 11.8. The minimum absolute atomic E-state index is 0.290. The van der Waals surface area contributed by atoms with Crippen molar-refractivity contribution in [3.63, 3.8) is 0 Å². The average Bonchev–Trinajstić information content (AvgIpc) is 3.14. The number of esters is 1. The smallest absolute Gasteiger partial charge is 0.337 e. The molecule has 0 bridgehead atoms. The summed E-state index contributed by atoms with van der Waals surface area (Å²) >= 11 is 3.15. The lowest BCUT2D eigenvalue weighted by molar-refractivity contribution is -0.136. The van der Waals surface area contributed by atoms with E-state index in [2.05, 4.69) is 19.6 Å². The van der Waals surface area contributed by atoms with Crippen molar-refractivity contribution in [3.05, 3.63) is 27.9 Å². The van der Waals surface area contributed by atoms with Crippen LogP contribution in [0.2, 0.25) is 0 Å². The van der Waals surface area contributed by atoms with Crippen LogP contribution >= 0.6 is 23.3 Å². The maximum atomic E-state index is 12.0. The van der Waals surface area contributed by atoms with Gasteiger partial charge in [0, 0.05) is 36.3 Å². The fraction of sp³-hybridized carbons (Fsp3) is 0.462. The molecule has 1 fully saturated rings. The van der Waals surface area contributed by atoms with Gasteiger partial charge in [-0.3, -0.25) is 9.71 Å². The number of carbonyl (C=O) groups excluding carboxylic acids is 1. The number of methoxy groups -OCH3 is 1. The van der Waals surface area contributed by atoms with Crippen molar-refractivity contribution in [1.29, 1.82) is 0 Å². The molecule has 3 rings (SSSR count). The Balaban J connectivity index is 1.94. The zero-order chi connectivity index (χ0) is 14.8. The largest absolute Gasteiger partial charge is 0.466 e. The highest BCUT2D eigenvalue weighted by Crippen LogP contribution is 2.31. The standard InChI is InChI=1S/C13H16N4O2S2/c1-19-13(18)9-6-15-11(12-14-3-4-21-12)17-7-8(16-20-2)5-10(9)17/h3-4,8,16H,5-7H2,1-2H3. The lowest BCUT2D eigenvalue weighted by Crippen LogP contribution is -2.36. The van der Waals surface area contributed by atoms with E-state index in [0.29, 0.717) is 12.1 Å². The van der Waals surface area contributed by atoms with Crippen LogP contribution in [0.25, 0.3) is 0 Å². The lowest BCUT2D eigenvalue weighted by Gasteiger charge is -2.26. The molecule has 0 saturated carbocycles. The third kappa shape index (κ3) is 2.70. The fourth-order valence-electron chi connectivity index (χ4n) is 2.64. The molecule has 2 aliphatic heterocycles. The van der Waals surface area contributed by atoms with Gasteiger partial charge in [-0.05, 0) is 6.26 Å². The number of hydrogen-bond donors (Lipinski definition) is 1. The summed E-state index contributed by atoms with van der Waals surface area (Å²) < 4.78 is 8.25. The Kier molecular flexibility index (Phi) is 4.27. The Morgan fingerprint density at radius 1 is 1.62 bits per heavy atom. The Morgan fingerprint density at radius 2 is 2.48 bits per heavy atom. The predicted molar refractivity (Wildman–Crippen MR) is 84.3 cm³/mol. The van der Waals surface area contributed by atoms with Crippen LogP contribution in [-0.4, -0.2) is 54.2 Å². The minimum Gasteiger partial charge on any atom is -0.466 e. The number of thiazole rings is 1. The van der Waals surface area contributed by atoms with Crippen LogP contribution in [0, 0.1) is 0 Å². The molecule has 1 atom stereocenters. The summed E-state index contributed by atoms with van der Waals surface area (Å²) in [5, 5.41) is 2.83. The van der Waals surface area contributed by atoms with Gasteiger partial charge in [-0.1, -0.05) is 11.9 Å². The van der Waals surface area contributed by atoms with Gasteiger partial charge >= 0.3 is 5.97 Å². The van der Waals surface area contributed by atoms with E-state index >= 15 is 0 Å². The molecule has 1 aromatic heterocycles. The molecule has 1 aromatic rings. The second kappa shape index (κ2) is 6.17. The van der Waals surface area contributed by atoms with Crippen LogP contribution in [0.1, 0.15) is 11.4 Å². The third-order valence-corrected chi connectivity index (χ3v) is 4.84. The highest BCUT2D eigenvalue weighted by molar-refractivity contribution is 7.96. The van der Waals surface area contributed by atoms with Gasteiger partial charge < -0.3 is 9.64 Å². The van der Waals surface area contributed by atoms with E-state index in [1.807, 2.05) is 11.6 Å². The Morgan fingerprint density at radius 3 is 3.14 bits per heavy atom. The van der Waals surface area contributed by atoms with Crippen LogP contribution in [0.15, 0.2) is 27.8 Å². The van der Waals surface area contributed by atoms with Gasteiger partial charge in [0.05, 0.1) is 19.2 Å². The number of rotatable bonds is 4. The number of nitrogens with zero attached hydrogens (tertiary/aromatic N) is 3. The average molecular weight is 324 g/mol. The topological polar surface area (TPSA) is 66.8 Å². The molecular weight excluding hydrogens is 308 g/mol. The molecule has 0 aliphatic carbocycles. The Hall–Kier alpha value is -1.38. The summed E-state index contributed by atoms with van der Waals surface area (Å²) in [4.78, 5) is 23.0. The fourth-order valence-corrected chi connectivity index (χ4v) is 3.78. The molecule has 1 unspecified atom stereocenters. The summed E-state index contributed by atoms with van der Waals surface area (Å²) in [6, 6.07) is 0.290. The van der Waals surface area contributed by atoms with Crippen molar-refractivity contribution < 1.29 is 9.53 Å². The van der Waals surface area contributed by atoms with Crippen LogP contribution in [-0.2, 0) is 9.53 Å². The van der Waals surface area contributed by atoms with Crippen LogP contribution in [0.5, 0.6) is 0 Å². The minimum atomic E-state index is -0.290. The number of carbonyl (C=O) groups is 1. The number of hydrogen-bond acceptors (Lipinski definition) is 8. The summed E-state index contributed by atoms with van der Waals surface area (Å²) in [6.07, 6.45) is 4.58. The number of nitrogens with one attached hydrogen (secondary N) is 1. The third-order valence-electron chi connectivity index (χ3n) is 3.50. The number of fused-ring (bicyclic) bond motifs is 1. The molecule has 0 aromatic carbocycles. The van der Waals surface area contributed by atoms with Gasteiger partial charge in [0.1, 0.15) is 0 Å². The summed E-state index contributed by atoms with van der Waals surface area (Å²) in [5.74, 6) is 0.569. The number of amidine groups is 1. The van der Waals surface area contributed by atoms with E-state index in [1.54, 1.807) is 29.5 Å². The van der Waals surface area contributed by atoms with Crippen molar-refractivity contribution in [2.24, 2.45) is 4.99 Å². The SMILES string of the molecule is COC(=O)C1=C2CC(NSC)CN2C(c2nccs2)=NC1. The van der Waals surface area contributed by atoms with Gasteiger partial charge in [0.2, 0.25) is 0 Å². The second-order valence-electron chi connectivity index (χ2n) is 4.73. The normalized spacial score (nSPS) is 21.3. The Labute approximate surface area is 131 Å². The number of aromatic nitrogens is 1. The first kappa shape index (κ1) is 14.6. The maximum Gasteiger partial charge on any atom is 0.337 e. The van der Waals surface area contributed by atoms with Gasteiger partial charge in [0.25, 0.3) is 0 Å². The molecule has 3 heterocycles. The number of ether oxygens (including phenoxy) is 1. The van der Waals surface area contributed by atoms with E-state index < -0.39 is 0 Å². The van der Waals surface area contributed by atoms with Crippen molar-refractivity contribution in [3.8, 4) is 0 Å². The van der Waals surface area contributed by atoms with E-state index in [0.717, 1.165) is 29.5 Å². The predicted octanol–water partition coefficient (Wildman–Crippen LogP) is 1.27. The molecule has 1 saturated heterocycles. The Bertz CT molecular complexity index is 597. The molecule has 112 valence electrons. The molecule has 21 heavy (non-hydrogen) atoms.